The van der Waals surface area contributed by atoms with Crippen molar-refractivity contribution >= 4 is 34.8 Å². The molecule has 1 aliphatic heterocycles. The van der Waals surface area contributed by atoms with Crippen LogP contribution in [0.4, 0.5) is 15.8 Å². The Morgan fingerprint density at radius 3 is 2.90 bits per heavy atom. The number of aromatic nitrogens is 1. The fourth-order valence-electron chi connectivity index (χ4n) is 2.05. The predicted molar refractivity (Wildman–Crippen MR) is 75.9 cm³/mol. The molecule has 2 heterocycles. The Bertz CT molecular complexity index is 747. The number of hydrogen-bond acceptors (Lipinski definition) is 3. The van der Waals surface area contributed by atoms with Crippen molar-refractivity contribution in [3.8, 4) is 0 Å². The topological polar surface area (TPSA) is 71.1 Å². The summed E-state index contributed by atoms with van der Waals surface area (Å²) in [6.07, 6.45) is 1.38. The van der Waals surface area contributed by atoms with Crippen molar-refractivity contribution in [2.45, 2.75) is 6.42 Å². The van der Waals surface area contributed by atoms with E-state index in [1.54, 1.807) is 12.1 Å². The molecule has 2 N–H and O–H groups in total. The maximum Gasteiger partial charge on any atom is 0.257 e. The summed E-state index contributed by atoms with van der Waals surface area (Å²) >= 11 is 6.07. The number of anilines is 2. The predicted octanol–water partition coefficient (Wildman–Crippen LogP) is 2.62. The summed E-state index contributed by atoms with van der Waals surface area (Å²) < 4.78 is 12.7. The van der Waals surface area contributed by atoms with Gasteiger partial charge in [-0.25, -0.2) is 4.98 Å². The summed E-state index contributed by atoms with van der Waals surface area (Å²) in [5, 5.41) is 5.59. The molecule has 0 saturated heterocycles. The molecule has 5 nitrogen and oxygen atoms in total. The molecule has 21 heavy (non-hydrogen) atoms. The normalized spacial score (nSPS) is 12.8. The van der Waals surface area contributed by atoms with Crippen LogP contribution in [0, 0.1) is 5.95 Å². The van der Waals surface area contributed by atoms with Gasteiger partial charge in [-0.05, 0) is 29.8 Å². The minimum Gasteiger partial charge on any atom is -0.325 e. The Morgan fingerprint density at radius 2 is 2.19 bits per heavy atom. The maximum atomic E-state index is 12.7. The molecule has 0 saturated carbocycles. The smallest absolute Gasteiger partial charge is 0.257 e. The van der Waals surface area contributed by atoms with Crippen molar-refractivity contribution < 1.29 is 14.0 Å². The van der Waals surface area contributed by atoms with Crippen LogP contribution in [0.2, 0.25) is 5.02 Å². The number of rotatable bonds is 2. The van der Waals surface area contributed by atoms with Gasteiger partial charge in [-0.3, -0.25) is 9.59 Å². The van der Waals surface area contributed by atoms with E-state index in [2.05, 4.69) is 15.6 Å². The van der Waals surface area contributed by atoms with Crippen molar-refractivity contribution in [3.63, 3.8) is 0 Å². The fraction of sp³-hybridized carbons (Fsp3) is 0.0714. The SMILES string of the molecule is O=C1Cc2cc(NC(=O)c3ccc(F)nc3)c(Cl)cc2N1. The fourth-order valence-corrected chi connectivity index (χ4v) is 2.26. The zero-order valence-electron chi connectivity index (χ0n) is 10.6. The van der Waals surface area contributed by atoms with Crippen LogP contribution in [-0.2, 0) is 11.2 Å². The van der Waals surface area contributed by atoms with E-state index >= 15 is 0 Å². The highest BCUT2D eigenvalue weighted by molar-refractivity contribution is 6.34. The monoisotopic (exact) mass is 305 g/mol. The van der Waals surface area contributed by atoms with Crippen molar-refractivity contribution in [1.29, 1.82) is 0 Å². The Labute approximate surface area is 124 Å². The summed E-state index contributed by atoms with van der Waals surface area (Å²) in [4.78, 5) is 26.8. The average molecular weight is 306 g/mol. The number of carbonyl (C=O) groups excluding carboxylic acids is 2. The van der Waals surface area contributed by atoms with Gasteiger partial charge in [0, 0.05) is 11.9 Å². The lowest BCUT2D eigenvalue weighted by atomic mass is 10.1. The second-order valence-corrected chi connectivity index (χ2v) is 4.95. The molecule has 0 aliphatic carbocycles. The van der Waals surface area contributed by atoms with E-state index in [0.717, 1.165) is 17.8 Å². The van der Waals surface area contributed by atoms with Gasteiger partial charge in [-0.1, -0.05) is 11.6 Å². The van der Waals surface area contributed by atoms with Gasteiger partial charge in [-0.2, -0.15) is 4.39 Å². The Balaban J connectivity index is 1.85. The number of nitrogens with one attached hydrogen (secondary N) is 2. The molecule has 0 atom stereocenters. The van der Waals surface area contributed by atoms with E-state index in [9.17, 15) is 14.0 Å². The first kappa shape index (κ1) is 13.5. The Kier molecular flexibility index (Phi) is 3.31. The molecule has 7 heteroatoms. The first-order valence-electron chi connectivity index (χ1n) is 6.08. The number of carbonyl (C=O) groups is 2. The van der Waals surface area contributed by atoms with Gasteiger partial charge in [0.15, 0.2) is 0 Å². The molecule has 0 unspecified atom stereocenters. The molecule has 0 bridgehead atoms. The molecule has 0 fully saturated rings. The number of amides is 2. The molecule has 2 amide bonds. The standard InChI is InChI=1S/C14H9ClFN3O2/c15-9-5-10-8(4-13(20)18-10)3-11(9)19-14(21)7-1-2-12(16)17-6-7/h1-3,5-6H,4H2,(H,18,20)(H,19,21). The highest BCUT2D eigenvalue weighted by atomic mass is 35.5. The van der Waals surface area contributed by atoms with Crippen molar-refractivity contribution in [2.24, 2.45) is 0 Å². The number of fused-ring (bicyclic) bond motifs is 1. The van der Waals surface area contributed by atoms with Gasteiger partial charge in [-0.15, -0.1) is 0 Å². The van der Waals surface area contributed by atoms with Crippen LogP contribution in [0.3, 0.4) is 0 Å². The Morgan fingerprint density at radius 1 is 1.38 bits per heavy atom. The maximum absolute atomic E-state index is 12.7. The zero-order valence-corrected chi connectivity index (χ0v) is 11.4. The molecule has 1 aliphatic rings. The van der Waals surface area contributed by atoms with E-state index in [1.807, 2.05) is 0 Å². The third-order valence-electron chi connectivity index (χ3n) is 3.06. The molecule has 3 rings (SSSR count). The quantitative estimate of drug-likeness (QED) is 0.838. The number of hydrogen-bond donors (Lipinski definition) is 2. The lowest BCUT2D eigenvalue weighted by Gasteiger charge is -2.09. The van der Waals surface area contributed by atoms with Gasteiger partial charge in [0.2, 0.25) is 11.9 Å². The number of pyridine rings is 1. The van der Waals surface area contributed by atoms with Gasteiger partial charge < -0.3 is 10.6 Å². The number of benzene rings is 1. The second kappa shape index (κ2) is 5.14. The van der Waals surface area contributed by atoms with Crippen LogP contribution in [-0.4, -0.2) is 16.8 Å². The van der Waals surface area contributed by atoms with Crippen LogP contribution in [0.25, 0.3) is 0 Å². The van der Waals surface area contributed by atoms with E-state index in [0.29, 0.717) is 16.4 Å². The number of halogens is 2. The molecule has 106 valence electrons. The van der Waals surface area contributed by atoms with E-state index in [4.69, 9.17) is 11.6 Å². The third-order valence-corrected chi connectivity index (χ3v) is 3.37. The highest BCUT2D eigenvalue weighted by Gasteiger charge is 2.20. The molecule has 1 aromatic carbocycles. The molecule has 1 aromatic heterocycles. The summed E-state index contributed by atoms with van der Waals surface area (Å²) in [5.74, 6) is -1.24. The van der Waals surface area contributed by atoms with Gasteiger partial charge in [0.25, 0.3) is 5.91 Å². The lowest BCUT2D eigenvalue weighted by molar-refractivity contribution is -0.115. The molecule has 2 aromatic rings. The van der Waals surface area contributed by atoms with Gasteiger partial charge >= 0.3 is 0 Å². The number of nitrogens with zero attached hydrogens (tertiary/aromatic N) is 1. The van der Waals surface area contributed by atoms with E-state index in [-0.39, 0.29) is 17.9 Å². The Hall–Kier alpha value is -2.47. The summed E-state index contributed by atoms with van der Waals surface area (Å²) in [6, 6.07) is 5.65. The largest absolute Gasteiger partial charge is 0.325 e. The van der Waals surface area contributed by atoms with Crippen LogP contribution in [0.5, 0.6) is 0 Å². The summed E-state index contributed by atoms with van der Waals surface area (Å²) in [6.45, 7) is 0. The first-order chi connectivity index (χ1) is 10.0. The van der Waals surface area contributed by atoms with Crippen molar-refractivity contribution in [2.75, 3.05) is 10.6 Å². The first-order valence-corrected chi connectivity index (χ1v) is 6.46. The minimum atomic E-state index is -0.660. The van der Waals surface area contributed by atoms with Crippen molar-refractivity contribution in [3.05, 3.63) is 52.6 Å². The summed E-state index contributed by atoms with van der Waals surface area (Å²) in [5.41, 5.74) is 2.01. The zero-order chi connectivity index (χ0) is 15.0. The van der Waals surface area contributed by atoms with Gasteiger partial charge in [0.1, 0.15) is 0 Å². The lowest BCUT2D eigenvalue weighted by Crippen LogP contribution is -2.12. The van der Waals surface area contributed by atoms with E-state index in [1.165, 1.54) is 6.07 Å². The van der Waals surface area contributed by atoms with Crippen molar-refractivity contribution in [1.82, 2.24) is 4.98 Å². The van der Waals surface area contributed by atoms with Gasteiger partial charge in [0.05, 0.1) is 22.7 Å². The third kappa shape index (κ3) is 2.71. The van der Waals surface area contributed by atoms with E-state index < -0.39 is 11.9 Å². The van der Waals surface area contributed by atoms with Crippen LogP contribution in [0.1, 0.15) is 15.9 Å². The minimum absolute atomic E-state index is 0.118. The van der Waals surface area contributed by atoms with Crippen LogP contribution < -0.4 is 10.6 Å². The highest BCUT2D eigenvalue weighted by Crippen LogP contribution is 2.33. The summed E-state index contributed by atoms with van der Waals surface area (Å²) in [7, 11) is 0. The molecular weight excluding hydrogens is 297 g/mol. The van der Waals surface area contributed by atoms with Crippen LogP contribution >= 0.6 is 11.6 Å². The second-order valence-electron chi connectivity index (χ2n) is 4.54. The molecule has 0 radical (unpaired) electrons. The molecular formula is C14H9ClFN3O2. The average Bonchev–Trinajstić information content (AvgIpc) is 2.79. The molecule has 0 spiro atoms. The van der Waals surface area contributed by atoms with Crippen LogP contribution in [0.15, 0.2) is 30.5 Å².